The highest BCUT2D eigenvalue weighted by atomic mass is 35.5. The SMILES string of the molecule is Cc1oc2c(c1C(=O)N1CCN(c3ccc(Cl)cc3)CC1)C1=NCCN1C=N2. The summed E-state index contributed by atoms with van der Waals surface area (Å²) >= 11 is 5.98. The van der Waals surface area contributed by atoms with Gasteiger partial charge in [0.05, 0.1) is 17.7 Å². The number of halogens is 1. The van der Waals surface area contributed by atoms with E-state index in [1.807, 2.05) is 41.0 Å². The molecule has 1 fully saturated rings. The third-order valence-corrected chi connectivity index (χ3v) is 5.70. The number of aryl methyl sites for hydroxylation is 1. The van der Waals surface area contributed by atoms with Crippen molar-refractivity contribution in [2.24, 2.45) is 9.98 Å². The number of rotatable bonds is 2. The number of nitrogens with zero attached hydrogens (tertiary/aromatic N) is 5. The van der Waals surface area contributed by atoms with Crippen LogP contribution in [-0.4, -0.2) is 67.1 Å². The van der Waals surface area contributed by atoms with Crippen LogP contribution in [0.15, 0.2) is 38.7 Å². The van der Waals surface area contributed by atoms with Crippen LogP contribution < -0.4 is 4.90 Å². The monoisotopic (exact) mass is 397 g/mol. The van der Waals surface area contributed by atoms with Gasteiger partial charge < -0.3 is 19.1 Å². The number of piperazine rings is 1. The van der Waals surface area contributed by atoms with Crippen LogP contribution in [0.1, 0.15) is 21.7 Å². The summed E-state index contributed by atoms with van der Waals surface area (Å²) in [5, 5.41) is 0.726. The first-order chi connectivity index (χ1) is 13.6. The number of anilines is 1. The molecule has 0 unspecified atom stereocenters. The topological polar surface area (TPSA) is 64.7 Å². The van der Waals surface area contributed by atoms with Crippen LogP contribution in [0.2, 0.25) is 5.02 Å². The fourth-order valence-electron chi connectivity index (χ4n) is 3.98. The summed E-state index contributed by atoms with van der Waals surface area (Å²) in [5.74, 6) is 1.87. The van der Waals surface area contributed by atoms with Crippen LogP contribution >= 0.6 is 11.6 Å². The molecule has 3 aliphatic heterocycles. The van der Waals surface area contributed by atoms with Gasteiger partial charge in [0.2, 0.25) is 5.88 Å². The maximum absolute atomic E-state index is 13.3. The lowest BCUT2D eigenvalue weighted by Crippen LogP contribution is -2.49. The minimum absolute atomic E-state index is 0.00935. The van der Waals surface area contributed by atoms with Crippen molar-refractivity contribution in [2.45, 2.75) is 6.92 Å². The molecular formula is C20H20ClN5O2. The Hall–Kier alpha value is -2.80. The maximum atomic E-state index is 13.3. The van der Waals surface area contributed by atoms with E-state index in [0.29, 0.717) is 36.8 Å². The summed E-state index contributed by atoms with van der Waals surface area (Å²) in [6, 6.07) is 7.82. The smallest absolute Gasteiger partial charge is 0.258 e. The standard InChI is InChI=1S/C20H20ClN5O2/c1-13-16(17-18-22-6-7-26(18)12-23-19(17)28-13)20(27)25-10-8-24(9-11-25)15-4-2-14(21)3-5-15/h2-5,12H,6-11H2,1H3. The maximum Gasteiger partial charge on any atom is 0.258 e. The van der Waals surface area contributed by atoms with Crippen LogP contribution in [0, 0.1) is 6.92 Å². The van der Waals surface area contributed by atoms with E-state index in [9.17, 15) is 4.79 Å². The summed E-state index contributed by atoms with van der Waals surface area (Å²) in [5.41, 5.74) is 2.46. The Morgan fingerprint density at radius 2 is 1.86 bits per heavy atom. The van der Waals surface area contributed by atoms with Crippen LogP contribution in [0.4, 0.5) is 11.6 Å². The molecule has 7 nitrogen and oxygen atoms in total. The zero-order valence-corrected chi connectivity index (χ0v) is 16.3. The minimum atomic E-state index is -0.00935. The molecule has 8 heteroatoms. The Labute approximate surface area is 167 Å². The minimum Gasteiger partial charge on any atom is -0.442 e. The Bertz CT molecular complexity index is 987. The van der Waals surface area contributed by atoms with Crippen molar-refractivity contribution in [1.82, 2.24) is 9.80 Å². The Balaban J connectivity index is 1.37. The van der Waals surface area contributed by atoms with Gasteiger partial charge in [0.15, 0.2) is 0 Å². The van der Waals surface area contributed by atoms with Crippen LogP contribution in [-0.2, 0) is 0 Å². The molecular weight excluding hydrogens is 378 g/mol. The molecule has 1 aromatic carbocycles. The fourth-order valence-corrected chi connectivity index (χ4v) is 4.11. The quantitative estimate of drug-likeness (QED) is 0.781. The molecule has 0 radical (unpaired) electrons. The third-order valence-electron chi connectivity index (χ3n) is 5.45. The van der Waals surface area contributed by atoms with E-state index in [1.54, 1.807) is 6.34 Å². The van der Waals surface area contributed by atoms with Gasteiger partial charge in [-0.05, 0) is 31.2 Å². The van der Waals surface area contributed by atoms with Crippen LogP contribution in [0.3, 0.4) is 0 Å². The second-order valence-corrected chi connectivity index (χ2v) is 7.55. The second-order valence-electron chi connectivity index (χ2n) is 7.11. The number of hydrogen-bond donors (Lipinski definition) is 0. The van der Waals surface area contributed by atoms with Crippen molar-refractivity contribution in [1.29, 1.82) is 0 Å². The first-order valence-electron chi connectivity index (χ1n) is 9.40. The number of benzene rings is 1. The van der Waals surface area contributed by atoms with E-state index in [2.05, 4.69) is 14.9 Å². The van der Waals surface area contributed by atoms with Crippen LogP contribution in [0.5, 0.6) is 0 Å². The summed E-state index contributed by atoms with van der Waals surface area (Å²) < 4.78 is 5.78. The first kappa shape index (κ1) is 17.3. The molecule has 0 N–H and O–H groups in total. The molecule has 28 heavy (non-hydrogen) atoms. The number of furan rings is 1. The Morgan fingerprint density at radius 1 is 1.11 bits per heavy atom. The van der Waals surface area contributed by atoms with E-state index in [-0.39, 0.29) is 5.91 Å². The van der Waals surface area contributed by atoms with Crippen molar-refractivity contribution in [3.63, 3.8) is 0 Å². The molecule has 2 aromatic rings. The van der Waals surface area contributed by atoms with Gasteiger partial charge in [-0.15, -0.1) is 0 Å². The molecule has 0 atom stereocenters. The van der Waals surface area contributed by atoms with Gasteiger partial charge in [-0.3, -0.25) is 9.79 Å². The van der Waals surface area contributed by atoms with Crippen molar-refractivity contribution in [2.75, 3.05) is 44.2 Å². The molecule has 1 saturated heterocycles. The number of carbonyl (C=O) groups excluding carboxylic acids is 1. The van der Waals surface area contributed by atoms with E-state index in [4.69, 9.17) is 16.0 Å². The molecule has 3 aliphatic rings. The average molecular weight is 398 g/mol. The predicted molar refractivity (Wildman–Crippen MR) is 109 cm³/mol. The number of fused-ring (bicyclic) bond motifs is 3. The molecule has 144 valence electrons. The zero-order chi connectivity index (χ0) is 19.3. The van der Waals surface area contributed by atoms with Crippen molar-refractivity contribution in [3.8, 4) is 0 Å². The highest BCUT2D eigenvalue weighted by Gasteiger charge is 2.35. The molecule has 5 rings (SSSR count). The molecule has 1 aromatic heterocycles. The largest absolute Gasteiger partial charge is 0.442 e. The van der Waals surface area contributed by atoms with Gasteiger partial charge in [-0.2, -0.15) is 0 Å². The molecule has 0 spiro atoms. The molecule has 0 saturated carbocycles. The molecule has 0 bridgehead atoms. The first-order valence-corrected chi connectivity index (χ1v) is 9.78. The number of amidine groups is 1. The zero-order valence-electron chi connectivity index (χ0n) is 15.6. The summed E-state index contributed by atoms with van der Waals surface area (Å²) in [6.45, 7) is 6.18. The lowest BCUT2D eigenvalue weighted by molar-refractivity contribution is 0.0745. The predicted octanol–water partition coefficient (Wildman–Crippen LogP) is 2.94. The van der Waals surface area contributed by atoms with E-state index < -0.39 is 0 Å². The van der Waals surface area contributed by atoms with Crippen molar-refractivity contribution in [3.05, 3.63) is 46.2 Å². The Kier molecular flexibility index (Phi) is 4.12. The summed E-state index contributed by atoms with van der Waals surface area (Å²) in [4.78, 5) is 28.4. The van der Waals surface area contributed by atoms with Gasteiger partial charge >= 0.3 is 0 Å². The average Bonchev–Trinajstić information content (AvgIpc) is 3.31. The number of hydrogen-bond acceptors (Lipinski definition) is 6. The fraction of sp³-hybridized carbons (Fsp3) is 0.350. The number of amides is 1. The van der Waals surface area contributed by atoms with Gasteiger partial charge in [-0.1, -0.05) is 11.6 Å². The van der Waals surface area contributed by atoms with E-state index in [1.165, 1.54) is 0 Å². The lowest BCUT2D eigenvalue weighted by Gasteiger charge is -2.36. The normalized spacial score (nSPS) is 18.2. The van der Waals surface area contributed by atoms with E-state index >= 15 is 0 Å². The Morgan fingerprint density at radius 3 is 2.61 bits per heavy atom. The molecule has 4 heterocycles. The number of carbonyl (C=O) groups is 1. The van der Waals surface area contributed by atoms with Crippen molar-refractivity contribution < 1.29 is 9.21 Å². The van der Waals surface area contributed by atoms with Gasteiger partial charge in [-0.25, -0.2) is 4.99 Å². The highest BCUT2D eigenvalue weighted by molar-refractivity contribution is 6.30. The molecule has 1 amide bonds. The van der Waals surface area contributed by atoms with Gasteiger partial charge in [0, 0.05) is 43.4 Å². The van der Waals surface area contributed by atoms with E-state index in [0.717, 1.165) is 41.7 Å². The van der Waals surface area contributed by atoms with Gasteiger partial charge in [0.25, 0.3) is 5.91 Å². The van der Waals surface area contributed by atoms with Crippen LogP contribution in [0.25, 0.3) is 0 Å². The second kappa shape index (κ2) is 6.67. The third kappa shape index (κ3) is 2.77. The van der Waals surface area contributed by atoms with Crippen molar-refractivity contribution >= 4 is 41.3 Å². The number of aliphatic imine (C=N–C) groups is 2. The summed E-state index contributed by atoms with van der Waals surface area (Å²) in [6.07, 6.45) is 1.73. The lowest BCUT2D eigenvalue weighted by atomic mass is 10.1. The van der Waals surface area contributed by atoms with Gasteiger partial charge in [0.1, 0.15) is 17.9 Å². The highest BCUT2D eigenvalue weighted by Crippen LogP contribution is 2.35. The summed E-state index contributed by atoms with van der Waals surface area (Å²) in [7, 11) is 0. The molecule has 0 aliphatic carbocycles.